The standard InChI is InChI=1S/C34H33F3N6O2/c1-18-27(36)6-3-19-9-24(44)11-25(28(18)19)29-20(13-38)10-26-31(30(29)37)40-33(41-32(26)42-15-22-4-5-23(16-42)39-22)45-17-34-7-2-8-43(34)14-21(35)12-34/h3,6,9-11,21-23,39,44H,2,4-5,7-8,12,14-17H2,1H3/t21-,22?,23?,34+/m1/s1. The molecule has 0 saturated carbocycles. The van der Waals surface area contributed by atoms with Gasteiger partial charge in [-0.1, -0.05) is 6.07 Å². The Morgan fingerprint density at radius 1 is 1.13 bits per heavy atom. The molecule has 4 saturated heterocycles. The number of hydrogen-bond acceptors (Lipinski definition) is 8. The molecule has 0 radical (unpaired) electrons. The first-order valence-electron chi connectivity index (χ1n) is 15.6. The van der Waals surface area contributed by atoms with E-state index < -0.39 is 23.3 Å². The predicted molar refractivity (Wildman–Crippen MR) is 164 cm³/mol. The van der Waals surface area contributed by atoms with Crippen molar-refractivity contribution in [3.8, 4) is 29.0 Å². The largest absolute Gasteiger partial charge is 0.508 e. The first kappa shape index (κ1) is 28.3. The molecular weight excluding hydrogens is 581 g/mol. The van der Waals surface area contributed by atoms with Crippen molar-refractivity contribution in [1.29, 1.82) is 5.26 Å². The zero-order chi connectivity index (χ0) is 31.0. The van der Waals surface area contributed by atoms with Crippen LogP contribution in [0.15, 0.2) is 30.3 Å². The molecule has 8 nitrogen and oxygen atoms in total. The van der Waals surface area contributed by atoms with Crippen LogP contribution in [0.2, 0.25) is 0 Å². The summed E-state index contributed by atoms with van der Waals surface area (Å²) < 4.78 is 52.5. The van der Waals surface area contributed by atoms with Crippen LogP contribution in [0.25, 0.3) is 32.8 Å². The van der Waals surface area contributed by atoms with Gasteiger partial charge in [0.05, 0.1) is 17.2 Å². The Bertz CT molecular complexity index is 1900. The third-order valence-electron chi connectivity index (χ3n) is 10.3. The molecule has 4 aromatic rings. The van der Waals surface area contributed by atoms with Crippen molar-refractivity contribution >= 4 is 27.5 Å². The van der Waals surface area contributed by atoms with Gasteiger partial charge in [-0.2, -0.15) is 15.2 Å². The Morgan fingerprint density at radius 2 is 1.93 bits per heavy atom. The molecule has 4 aliphatic heterocycles. The molecular formula is C34H33F3N6O2. The van der Waals surface area contributed by atoms with E-state index in [0.29, 0.717) is 48.0 Å². The lowest BCUT2D eigenvalue weighted by Gasteiger charge is -2.34. The Balaban J connectivity index is 1.32. The monoisotopic (exact) mass is 614 g/mol. The van der Waals surface area contributed by atoms with E-state index in [-0.39, 0.29) is 58.2 Å². The van der Waals surface area contributed by atoms with Crippen LogP contribution < -0.4 is 15.0 Å². The molecule has 0 spiro atoms. The topological polar surface area (TPSA) is 97.5 Å². The number of anilines is 1. The molecule has 45 heavy (non-hydrogen) atoms. The summed E-state index contributed by atoms with van der Waals surface area (Å²) in [6, 6.07) is 9.90. The fraction of sp³-hybridized carbons (Fsp3) is 0.441. The second-order valence-electron chi connectivity index (χ2n) is 13.1. The maximum Gasteiger partial charge on any atom is 0.319 e. The zero-order valence-corrected chi connectivity index (χ0v) is 24.9. The van der Waals surface area contributed by atoms with Crippen molar-refractivity contribution in [2.75, 3.05) is 37.7 Å². The molecule has 4 fully saturated rings. The second kappa shape index (κ2) is 10.5. The van der Waals surface area contributed by atoms with Crippen LogP contribution in [0.3, 0.4) is 0 Å². The number of hydrogen-bond donors (Lipinski definition) is 2. The van der Waals surface area contributed by atoms with Crippen LogP contribution in [-0.2, 0) is 0 Å². The molecule has 1 aromatic heterocycles. The van der Waals surface area contributed by atoms with E-state index in [1.807, 2.05) is 0 Å². The van der Waals surface area contributed by atoms with E-state index in [1.165, 1.54) is 24.3 Å². The number of nitrogens with one attached hydrogen (secondary N) is 1. The highest BCUT2D eigenvalue weighted by atomic mass is 19.1. The number of aryl methyl sites for hydroxylation is 1. The molecule has 3 aromatic carbocycles. The first-order valence-corrected chi connectivity index (χ1v) is 15.6. The van der Waals surface area contributed by atoms with Crippen LogP contribution in [0, 0.1) is 29.9 Å². The average molecular weight is 615 g/mol. The maximum absolute atomic E-state index is 17.0. The predicted octanol–water partition coefficient (Wildman–Crippen LogP) is 5.51. The van der Waals surface area contributed by atoms with E-state index in [0.717, 1.165) is 32.2 Å². The maximum atomic E-state index is 17.0. The van der Waals surface area contributed by atoms with Gasteiger partial charge < -0.3 is 20.1 Å². The smallest absolute Gasteiger partial charge is 0.319 e. The second-order valence-corrected chi connectivity index (χ2v) is 13.1. The quantitative estimate of drug-likeness (QED) is 0.304. The summed E-state index contributed by atoms with van der Waals surface area (Å²) in [4.78, 5) is 13.6. The Labute approximate surface area is 258 Å². The van der Waals surface area contributed by atoms with Crippen molar-refractivity contribution in [1.82, 2.24) is 20.2 Å². The lowest BCUT2D eigenvalue weighted by molar-refractivity contribution is 0.107. The summed E-state index contributed by atoms with van der Waals surface area (Å²) in [5.41, 5.74) is -0.0580. The fourth-order valence-electron chi connectivity index (χ4n) is 8.27. The minimum absolute atomic E-state index is 0.00976. The summed E-state index contributed by atoms with van der Waals surface area (Å²) >= 11 is 0. The number of aromatic hydroxyl groups is 1. The summed E-state index contributed by atoms with van der Waals surface area (Å²) in [6.07, 6.45) is 3.26. The van der Waals surface area contributed by atoms with E-state index in [2.05, 4.69) is 26.2 Å². The van der Waals surface area contributed by atoms with Gasteiger partial charge in [-0.15, -0.1) is 0 Å². The highest BCUT2D eigenvalue weighted by Gasteiger charge is 2.49. The Morgan fingerprint density at radius 3 is 2.71 bits per heavy atom. The van der Waals surface area contributed by atoms with Crippen molar-refractivity contribution in [3.05, 3.63) is 53.1 Å². The number of piperazine rings is 1. The normalized spacial score (nSPS) is 26.1. The van der Waals surface area contributed by atoms with E-state index in [9.17, 15) is 19.1 Å². The molecule has 4 aliphatic rings. The number of alkyl halides is 1. The highest BCUT2D eigenvalue weighted by molar-refractivity contribution is 6.04. The van der Waals surface area contributed by atoms with Gasteiger partial charge in [-0.25, -0.2) is 13.2 Å². The van der Waals surface area contributed by atoms with Crippen LogP contribution >= 0.6 is 0 Å². The average Bonchev–Trinajstić information content (AvgIpc) is 3.67. The number of benzene rings is 3. The number of phenolic OH excluding ortho intramolecular Hbond substituents is 1. The summed E-state index contributed by atoms with van der Waals surface area (Å²) in [5, 5.41) is 25.8. The van der Waals surface area contributed by atoms with Gasteiger partial charge in [-0.3, -0.25) is 4.90 Å². The third kappa shape index (κ3) is 4.57. The number of aromatic nitrogens is 2. The summed E-state index contributed by atoms with van der Waals surface area (Å²) in [7, 11) is 0. The Kier molecular flexibility index (Phi) is 6.59. The van der Waals surface area contributed by atoms with Gasteiger partial charge in [0.25, 0.3) is 0 Å². The minimum Gasteiger partial charge on any atom is -0.508 e. The van der Waals surface area contributed by atoms with Crippen molar-refractivity contribution in [2.45, 2.75) is 62.8 Å². The molecule has 8 rings (SSSR count). The minimum atomic E-state index is -0.923. The number of ether oxygens (including phenoxy) is 1. The van der Waals surface area contributed by atoms with Crippen LogP contribution in [-0.4, -0.2) is 76.6 Å². The molecule has 2 bridgehead atoms. The SMILES string of the molecule is Cc1c(F)ccc2cc(O)cc(-c3c(C#N)cc4c(N5CC6CCC(C5)N6)nc(OC[C@@]56CCCN5C[C@H](F)C6)nc4c3F)c12. The van der Waals surface area contributed by atoms with Crippen molar-refractivity contribution < 1.29 is 23.0 Å². The molecule has 5 heterocycles. The third-order valence-corrected chi connectivity index (χ3v) is 10.3. The van der Waals surface area contributed by atoms with Gasteiger partial charge in [0, 0.05) is 49.1 Å². The lowest BCUT2D eigenvalue weighted by Crippen LogP contribution is -2.51. The van der Waals surface area contributed by atoms with Crippen LogP contribution in [0.5, 0.6) is 11.8 Å². The van der Waals surface area contributed by atoms with Crippen molar-refractivity contribution in [3.63, 3.8) is 0 Å². The Hall–Kier alpha value is -4.14. The van der Waals surface area contributed by atoms with Gasteiger partial charge in [0.2, 0.25) is 0 Å². The highest BCUT2D eigenvalue weighted by Crippen LogP contribution is 2.43. The molecule has 0 aliphatic carbocycles. The molecule has 232 valence electrons. The number of phenols is 1. The van der Waals surface area contributed by atoms with Crippen molar-refractivity contribution in [2.24, 2.45) is 0 Å². The molecule has 0 amide bonds. The molecule has 2 N–H and O–H groups in total. The van der Waals surface area contributed by atoms with E-state index in [4.69, 9.17) is 9.72 Å². The van der Waals surface area contributed by atoms with E-state index >= 15 is 4.39 Å². The fourth-order valence-corrected chi connectivity index (χ4v) is 8.27. The van der Waals surface area contributed by atoms with E-state index in [1.54, 1.807) is 13.0 Å². The number of nitriles is 1. The molecule has 4 atom stereocenters. The number of halogens is 3. The first-order chi connectivity index (χ1) is 21.7. The zero-order valence-electron chi connectivity index (χ0n) is 24.9. The number of fused-ring (bicyclic) bond motifs is 5. The summed E-state index contributed by atoms with van der Waals surface area (Å²) in [5.74, 6) is -0.922. The van der Waals surface area contributed by atoms with Gasteiger partial charge in [0.1, 0.15) is 35.7 Å². The van der Waals surface area contributed by atoms with Gasteiger partial charge in [-0.05, 0) is 85.3 Å². The van der Waals surface area contributed by atoms with Gasteiger partial charge in [0.15, 0.2) is 5.82 Å². The van der Waals surface area contributed by atoms with Gasteiger partial charge >= 0.3 is 6.01 Å². The number of nitrogens with zero attached hydrogens (tertiary/aromatic N) is 5. The van der Waals surface area contributed by atoms with Crippen LogP contribution in [0.4, 0.5) is 19.0 Å². The lowest BCUT2D eigenvalue weighted by atomic mass is 9.90. The number of rotatable bonds is 5. The molecule has 11 heteroatoms. The molecule has 2 unspecified atom stereocenters. The summed E-state index contributed by atoms with van der Waals surface area (Å²) in [6.45, 7) is 4.28. The van der Waals surface area contributed by atoms with Crippen LogP contribution in [0.1, 0.15) is 43.2 Å².